The number of hydrogen-bond donors (Lipinski definition) is 1. The topological polar surface area (TPSA) is 29.1 Å². The van der Waals surface area contributed by atoms with Gasteiger partial charge in [0.15, 0.2) is 5.78 Å². The number of benzene rings is 1. The molecule has 0 spiro atoms. The van der Waals surface area contributed by atoms with Crippen molar-refractivity contribution in [3.05, 3.63) is 35.4 Å². The van der Waals surface area contributed by atoms with Crippen LogP contribution in [0.25, 0.3) is 0 Å². The van der Waals surface area contributed by atoms with E-state index < -0.39 is 0 Å². The summed E-state index contributed by atoms with van der Waals surface area (Å²) in [5.41, 5.74) is 2.51. The molecule has 1 aromatic rings. The van der Waals surface area contributed by atoms with Gasteiger partial charge in [0, 0.05) is 12.0 Å². The summed E-state index contributed by atoms with van der Waals surface area (Å²) < 4.78 is 0. The van der Waals surface area contributed by atoms with Crippen molar-refractivity contribution in [2.45, 2.75) is 53.1 Å². The summed E-state index contributed by atoms with van der Waals surface area (Å²) in [6, 6.07) is 8.52. The highest BCUT2D eigenvalue weighted by Gasteiger charge is 2.22. The van der Waals surface area contributed by atoms with Crippen LogP contribution in [0.15, 0.2) is 24.3 Å². The van der Waals surface area contributed by atoms with Gasteiger partial charge in [-0.1, -0.05) is 52.0 Å². The molecule has 1 atom stereocenters. The van der Waals surface area contributed by atoms with Crippen molar-refractivity contribution < 1.29 is 4.79 Å². The van der Waals surface area contributed by atoms with E-state index in [0.717, 1.165) is 6.42 Å². The number of hydrogen-bond acceptors (Lipinski definition) is 2. The molecule has 0 radical (unpaired) electrons. The highest BCUT2D eigenvalue weighted by molar-refractivity contribution is 5.86. The molecule has 0 aliphatic carbocycles. The van der Waals surface area contributed by atoms with Crippen molar-refractivity contribution in [3.63, 3.8) is 0 Å². The van der Waals surface area contributed by atoms with Crippen molar-refractivity contribution in [1.82, 2.24) is 5.32 Å². The van der Waals surface area contributed by atoms with Gasteiger partial charge in [-0.2, -0.15) is 0 Å². The van der Waals surface area contributed by atoms with Crippen molar-refractivity contribution in [2.24, 2.45) is 5.92 Å². The van der Waals surface area contributed by atoms with Gasteiger partial charge >= 0.3 is 0 Å². The number of aryl methyl sites for hydroxylation is 1. The van der Waals surface area contributed by atoms with Gasteiger partial charge in [0.05, 0.1) is 6.04 Å². The van der Waals surface area contributed by atoms with E-state index in [0.29, 0.717) is 11.8 Å². The standard InChI is InChI=1S/C16H25NO/c1-11(2)16(18)15(17-12(3)4)10-14-9-7-6-8-13(14)5/h6-9,11-12,15,17H,10H2,1-5H3/t15-/m0/s1. The summed E-state index contributed by atoms with van der Waals surface area (Å²) in [5, 5.41) is 3.39. The summed E-state index contributed by atoms with van der Waals surface area (Å²) in [6.07, 6.45) is 0.780. The van der Waals surface area contributed by atoms with E-state index in [4.69, 9.17) is 0 Å². The quantitative estimate of drug-likeness (QED) is 0.836. The fourth-order valence-corrected chi connectivity index (χ4v) is 2.11. The van der Waals surface area contributed by atoms with Crippen molar-refractivity contribution in [3.8, 4) is 0 Å². The zero-order chi connectivity index (χ0) is 13.7. The number of carbonyl (C=O) groups excluding carboxylic acids is 1. The third-order valence-electron chi connectivity index (χ3n) is 3.13. The molecule has 0 saturated heterocycles. The van der Waals surface area contributed by atoms with E-state index in [-0.39, 0.29) is 12.0 Å². The van der Waals surface area contributed by atoms with Crippen LogP contribution in [0.2, 0.25) is 0 Å². The minimum atomic E-state index is -0.0777. The first-order valence-electron chi connectivity index (χ1n) is 6.76. The smallest absolute Gasteiger partial charge is 0.152 e. The first-order chi connectivity index (χ1) is 8.41. The minimum Gasteiger partial charge on any atom is -0.305 e. The van der Waals surface area contributed by atoms with Gasteiger partial charge in [-0.25, -0.2) is 0 Å². The fourth-order valence-electron chi connectivity index (χ4n) is 2.11. The molecule has 1 rings (SSSR count). The van der Waals surface area contributed by atoms with E-state index in [1.54, 1.807) is 0 Å². The zero-order valence-electron chi connectivity index (χ0n) is 12.2. The van der Waals surface area contributed by atoms with Gasteiger partial charge in [0.1, 0.15) is 0 Å². The van der Waals surface area contributed by atoms with Crippen LogP contribution in [-0.2, 0) is 11.2 Å². The van der Waals surface area contributed by atoms with Crippen LogP contribution in [0.5, 0.6) is 0 Å². The molecule has 0 heterocycles. The molecule has 0 saturated carbocycles. The lowest BCUT2D eigenvalue weighted by Crippen LogP contribution is -2.44. The molecule has 2 nitrogen and oxygen atoms in total. The number of nitrogens with one attached hydrogen (secondary N) is 1. The summed E-state index contributed by atoms with van der Waals surface area (Å²) in [6.45, 7) is 10.2. The van der Waals surface area contributed by atoms with Crippen molar-refractivity contribution in [2.75, 3.05) is 0 Å². The summed E-state index contributed by atoms with van der Waals surface area (Å²) in [7, 11) is 0. The van der Waals surface area contributed by atoms with Gasteiger partial charge < -0.3 is 5.32 Å². The number of rotatable bonds is 6. The molecule has 0 amide bonds. The van der Waals surface area contributed by atoms with Crippen LogP contribution >= 0.6 is 0 Å². The Morgan fingerprint density at radius 2 is 1.78 bits per heavy atom. The molecule has 0 bridgehead atoms. The predicted molar refractivity (Wildman–Crippen MR) is 76.8 cm³/mol. The molecule has 0 fully saturated rings. The van der Waals surface area contributed by atoms with Crippen LogP contribution in [-0.4, -0.2) is 17.9 Å². The number of carbonyl (C=O) groups is 1. The van der Waals surface area contributed by atoms with E-state index in [9.17, 15) is 4.79 Å². The first kappa shape index (κ1) is 14.9. The van der Waals surface area contributed by atoms with Gasteiger partial charge in [0.2, 0.25) is 0 Å². The lowest BCUT2D eigenvalue weighted by Gasteiger charge is -2.22. The lowest BCUT2D eigenvalue weighted by atomic mass is 9.93. The summed E-state index contributed by atoms with van der Waals surface area (Å²) >= 11 is 0. The van der Waals surface area contributed by atoms with E-state index in [2.05, 4.69) is 38.2 Å². The third kappa shape index (κ3) is 4.26. The van der Waals surface area contributed by atoms with Crippen LogP contribution in [0.1, 0.15) is 38.8 Å². The van der Waals surface area contributed by atoms with Gasteiger partial charge in [-0.15, -0.1) is 0 Å². The normalized spacial score (nSPS) is 13.1. The van der Waals surface area contributed by atoms with Crippen molar-refractivity contribution >= 4 is 5.78 Å². The molecular formula is C16H25NO. The predicted octanol–water partition coefficient (Wildman–Crippen LogP) is 3.13. The monoisotopic (exact) mass is 247 g/mol. The molecule has 1 N–H and O–H groups in total. The first-order valence-corrected chi connectivity index (χ1v) is 6.76. The fraction of sp³-hybridized carbons (Fsp3) is 0.562. The van der Waals surface area contributed by atoms with Gasteiger partial charge in [-0.3, -0.25) is 4.79 Å². The Balaban J connectivity index is 2.85. The van der Waals surface area contributed by atoms with Gasteiger partial charge in [-0.05, 0) is 24.5 Å². The largest absolute Gasteiger partial charge is 0.305 e. The molecule has 0 unspecified atom stereocenters. The Labute approximate surface area is 111 Å². The average molecular weight is 247 g/mol. The molecule has 0 aliphatic heterocycles. The molecular weight excluding hydrogens is 222 g/mol. The molecule has 2 heteroatoms. The molecule has 0 aromatic heterocycles. The lowest BCUT2D eigenvalue weighted by molar-refractivity contribution is -0.124. The maximum absolute atomic E-state index is 12.2. The molecule has 18 heavy (non-hydrogen) atoms. The summed E-state index contributed by atoms with van der Waals surface area (Å²) in [4.78, 5) is 12.2. The highest BCUT2D eigenvalue weighted by atomic mass is 16.1. The Hall–Kier alpha value is -1.15. The van der Waals surface area contributed by atoms with Crippen LogP contribution in [0.4, 0.5) is 0 Å². The molecule has 1 aromatic carbocycles. The second kappa shape index (κ2) is 6.69. The van der Waals surface area contributed by atoms with Crippen molar-refractivity contribution in [1.29, 1.82) is 0 Å². The SMILES string of the molecule is Cc1ccccc1C[C@H](NC(C)C)C(=O)C(C)C. The van der Waals surface area contributed by atoms with E-state index in [1.165, 1.54) is 11.1 Å². The van der Waals surface area contributed by atoms with Crippen LogP contribution < -0.4 is 5.32 Å². The maximum Gasteiger partial charge on any atom is 0.152 e. The number of Topliss-reactive ketones (excluding diaryl/α,β-unsaturated/α-hetero) is 1. The van der Waals surface area contributed by atoms with Gasteiger partial charge in [0.25, 0.3) is 0 Å². The maximum atomic E-state index is 12.2. The summed E-state index contributed by atoms with van der Waals surface area (Å²) in [5.74, 6) is 0.372. The zero-order valence-corrected chi connectivity index (χ0v) is 12.2. The Bertz CT molecular complexity index is 396. The van der Waals surface area contributed by atoms with Crippen LogP contribution in [0, 0.1) is 12.8 Å². The second-order valence-electron chi connectivity index (χ2n) is 5.56. The Kier molecular flexibility index (Phi) is 5.54. The highest BCUT2D eigenvalue weighted by Crippen LogP contribution is 2.13. The third-order valence-corrected chi connectivity index (χ3v) is 3.13. The van der Waals surface area contributed by atoms with E-state index in [1.807, 2.05) is 26.0 Å². The number of ketones is 1. The second-order valence-corrected chi connectivity index (χ2v) is 5.56. The minimum absolute atomic E-state index is 0.0743. The molecule has 100 valence electrons. The average Bonchev–Trinajstić information content (AvgIpc) is 2.29. The molecule has 0 aliphatic rings. The van der Waals surface area contributed by atoms with E-state index >= 15 is 0 Å². The Morgan fingerprint density at radius 3 is 2.28 bits per heavy atom. The Morgan fingerprint density at radius 1 is 1.17 bits per heavy atom. The van der Waals surface area contributed by atoms with Crippen LogP contribution in [0.3, 0.4) is 0 Å².